The molecule has 1 aromatic carbocycles. The number of Topliss-reactive ketones (excluding diaryl/α,β-unsaturated/α-hetero) is 1. The van der Waals surface area contributed by atoms with E-state index in [1.807, 2.05) is 13.8 Å². The van der Waals surface area contributed by atoms with E-state index < -0.39 is 17.4 Å². The van der Waals surface area contributed by atoms with E-state index in [4.69, 9.17) is 11.6 Å². The number of carbonyl (C=O) groups is 1. The summed E-state index contributed by atoms with van der Waals surface area (Å²) >= 11 is 5.37. The van der Waals surface area contributed by atoms with Crippen molar-refractivity contribution < 1.29 is 13.6 Å². The molecule has 0 saturated carbocycles. The van der Waals surface area contributed by atoms with Crippen molar-refractivity contribution in [3.05, 3.63) is 34.4 Å². The quantitative estimate of drug-likeness (QED) is 0.572. The number of ketones is 1. The SMILES string of the molecule is CC(C)CC(=O)c1cc(F)c(Cl)cc1F. The molecule has 0 radical (unpaired) electrons. The van der Waals surface area contributed by atoms with Crippen LogP contribution in [0.5, 0.6) is 0 Å². The normalized spacial score (nSPS) is 10.8. The van der Waals surface area contributed by atoms with E-state index >= 15 is 0 Å². The predicted octanol–water partition coefficient (Wildman–Crippen LogP) is 3.85. The Balaban J connectivity index is 3.04. The molecule has 15 heavy (non-hydrogen) atoms. The van der Waals surface area contributed by atoms with E-state index in [0.717, 1.165) is 12.1 Å². The summed E-state index contributed by atoms with van der Waals surface area (Å²) in [5, 5.41) is -0.311. The van der Waals surface area contributed by atoms with Gasteiger partial charge in [0.25, 0.3) is 0 Å². The topological polar surface area (TPSA) is 17.1 Å². The van der Waals surface area contributed by atoms with Crippen LogP contribution in [0.2, 0.25) is 5.02 Å². The summed E-state index contributed by atoms with van der Waals surface area (Å²) in [4.78, 5) is 11.5. The Morgan fingerprint density at radius 1 is 1.33 bits per heavy atom. The van der Waals surface area contributed by atoms with Crippen LogP contribution in [0.15, 0.2) is 12.1 Å². The van der Waals surface area contributed by atoms with Crippen molar-refractivity contribution >= 4 is 17.4 Å². The van der Waals surface area contributed by atoms with E-state index in [1.165, 1.54) is 0 Å². The van der Waals surface area contributed by atoms with Gasteiger partial charge in [-0.1, -0.05) is 25.4 Å². The highest BCUT2D eigenvalue weighted by atomic mass is 35.5. The van der Waals surface area contributed by atoms with Crippen molar-refractivity contribution in [1.82, 2.24) is 0 Å². The fourth-order valence-corrected chi connectivity index (χ4v) is 1.37. The summed E-state index contributed by atoms with van der Waals surface area (Å²) in [5.74, 6) is -1.84. The minimum Gasteiger partial charge on any atom is -0.294 e. The third kappa shape index (κ3) is 2.99. The number of hydrogen-bond acceptors (Lipinski definition) is 1. The summed E-state index contributed by atoms with van der Waals surface area (Å²) in [6.07, 6.45) is 0.192. The molecule has 0 aliphatic carbocycles. The first-order valence-electron chi connectivity index (χ1n) is 4.59. The summed E-state index contributed by atoms with van der Waals surface area (Å²) in [5.41, 5.74) is -0.231. The van der Waals surface area contributed by atoms with Crippen LogP contribution in [0.25, 0.3) is 0 Å². The van der Waals surface area contributed by atoms with Gasteiger partial charge in [0.2, 0.25) is 0 Å². The Morgan fingerprint density at radius 2 is 1.93 bits per heavy atom. The molecule has 1 rings (SSSR count). The van der Waals surface area contributed by atoms with Crippen LogP contribution in [0.4, 0.5) is 8.78 Å². The number of benzene rings is 1. The Hall–Kier alpha value is -0.960. The van der Waals surface area contributed by atoms with E-state index in [9.17, 15) is 13.6 Å². The highest BCUT2D eigenvalue weighted by molar-refractivity contribution is 6.30. The zero-order valence-corrected chi connectivity index (χ0v) is 9.24. The monoisotopic (exact) mass is 232 g/mol. The number of carbonyl (C=O) groups excluding carboxylic acids is 1. The van der Waals surface area contributed by atoms with Gasteiger partial charge in [-0.15, -0.1) is 0 Å². The molecule has 0 unspecified atom stereocenters. The minimum atomic E-state index is -0.773. The van der Waals surface area contributed by atoms with Gasteiger partial charge < -0.3 is 0 Å². The predicted molar refractivity (Wildman–Crippen MR) is 55.2 cm³/mol. The third-order valence-corrected chi connectivity index (χ3v) is 2.19. The molecule has 0 bridgehead atoms. The van der Waals surface area contributed by atoms with E-state index in [1.54, 1.807) is 0 Å². The third-order valence-electron chi connectivity index (χ3n) is 1.90. The van der Waals surface area contributed by atoms with Crippen LogP contribution in [0.1, 0.15) is 30.6 Å². The first-order chi connectivity index (χ1) is 6.91. The second-order valence-corrected chi connectivity index (χ2v) is 4.17. The standard InChI is InChI=1S/C11H11ClF2O/c1-6(2)3-11(15)7-4-10(14)8(12)5-9(7)13/h4-6H,3H2,1-2H3. The van der Waals surface area contributed by atoms with Crippen LogP contribution in [0.3, 0.4) is 0 Å². The zero-order valence-electron chi connectivity index (χ0n) is 8.48. The maximum Gasteiger partial charge on any atom is 0.166 e. The Morgan fingerprint density at radius 3 is 2.47 bits per heavy atom. The van der Waals surface area contributed by atoms with Gasteiger partial charge in [-0.25, -0.2) is 8.78 Å². The van der Waals surface area contributed by atoms with Crippen molar-refractivity contribution in [3.63, 3.8) is 0 Å². The van der Waals surface area contributed by atoms with Crippen molar-refractivity contribution in [2.75, 3.05) is 0 Å². The molecule has 1 aromatic rings. The molecule has 82 valence electrons. The first kappa shape index (κ1) is 12.1. The highest BCUT2D eigenvalue weighted by Crippen LogP contribution is 2.21. The lowest BCUT2D eigenvalue weighted by Gasteiger charge is -2.06. The van der Waals surface area contributed by atoms with Crippen LogP contribution in [0, 0.1) is 17.6 Å². The van der Waals surface area contributed by atoms with Gasteiger partial charge in [-0.2, -0.15) is 0 Å². The molecule has 0 amide bonds. The second kappa shape index (κ2) is 4.71. The lowest BCUT2D eigenvalue weighted by atomic mass is 10.0. The Bertz CT molecular complexity index is 388. The summed E-state index contributed by atoms with van der Waals surface area (Å²) < 4.78 is 26.3. The summed E-state index contributed by atoms with van der Waals surface area (Å²) in [6, 6.07) is 1.67. The number of halogens is 3. The molecule has 1 nitrogen and oxygen atoms in total. The largest absolute Gasteiger partial charge is 0.294 e. The molecular formula is C11H11ClF2O. The maximum atomic E-state index is 13.3. The Kier molecular flexibility index (Phi) is 3.80. The van der Waals surface area contributed by atoms with Gasteiger partial charge >= 0.3 is 0 Å². The fraction of sp³-hybridized carbons (Fsp3) is 0.364. The molecule has 0 atom stereocenters. The van der Waals surface area contributed by atoms with Gasteiger partial charge in [-0.3, -0.25) is 4.79 Å². The van der Waals surface area contributed by atoms with Gasteiger partial charge in [0.15, 0.2) is 5.78 Å². The maximum absolute atomic E-state index is 13.3. The lowest BCUT2D eigenvalue weighted by Crippen LogP contribution is -2.06. The van der Waals surface area contributed by atoms with E-state index in [0.29, 0.717) is 0 Å². The molecule has 0 aliphatic heterocycles. The van der Waals surface area contributed by atoms with Gasteiger partial charge in [0.1, 0.15) is 11.6 Å². The van der Waals surface area contributed by atoms with Crippen molar-refractivity contribution in [2.24, 2.45) is 5.92 Å². The van der Waals surface area contributed by atoms with Crippen molar-refractivity contribution in [3.8, 4) is 0 Å². The molecule has 0 saturated heterocycles. The molecule has 0 N–H and O–H groups in total. The second-order valence-electron chi connectivity index (χ2n) is 3.77. The average Bonchev–Trinajstić information content (AvgIpc) is 2.09. The van der Waals surface area contributed by atoms with Gasteiger partial charge in [0.05, 0.1) is 10.6 Å². The Labute approximate surface area is 92.1 Å². The molecular weight excluding hydrogens is 222 g/mol. The lowest BCUT2D eigenvalue weighted by molar-refractivity contribution is 0.0963. The van der Waals surface area contributed by atoms with Crippen molar-refractivity contribution in [1.29, 1.82) is 0 Å². The molecule has 0 aliphatic rings. The van der Waals surface area contributed by atoms with Gasteiger partial charge in [0, 0.05) is 6.42 Å². The van der Waals surface area contributed by atoms with Crippen molar-refractivity contribution in [2.45, 2.75) is 20.3 Å². The van der Waals surface area contributed by atoms with E-state index in [-0.39, 0.29) is 22.9 Å². The van der Waals surface area contributed by atoms with Crippen LogP contribution in [-0.2, 0) is 0 Å². The molecule has 0 heterocycles. The van der Waals surface area contributed by atoms with Crippen LogP contribution >= 0.6 is 11.6 Å². The fourth-order valence-electron chi connectivity index (χ4n) is 1.22. The van der Waals surface area contributed by atoms with Crippen LogP contribution in [-0.4, -0.2) is 5.78 Å². The summed E-state index contributed by atoms with van der Waals surface area (Å²) in [7, 11) is 0. The van der Waals surface area contributed by atoms with Crippen LogP contribution < -0.4 is 0 Å². The number of rotatable bonds is 3. The number of hydrogen-bond donors (Lipinski definition) is 0. The molecule has 0 aromatic heterocycles. The summed E-state index contributed by atoms with van der Waals surface area (Å²) in [6.45, 7) is 3.67. The molecule has 0 fully saturated rings. The first-order valence-corrected chi connectivity index (χ1v) is 4.97. The van der Waals surface area contributed by atoms with E-state index in [2.05, 4.69) is 0 Å². The average molecular weight is 233 g/mol. The minimum absolute atomic E-state index is 0.107. The molecule has 0 spiro atoms. The van der Waals surface area contributed by atoms with Gasteiger partial charge in [-0.05, 0) is 18.1 Å². The smallest absolute Gasteiger partial charge is 0.166 e. The molecule has 4 heteroatoms. The zero-order chi connectivity index (χ0) is 11.6. The highest BCUT2D eigenvalue weighted by Gasteiger charge is 2.16.